The van der Waals surface area contributed by atoms with E-state index in [0.29, 0.717) is 22.5 Å². The Morgan fingerprint density at radius 3 is 2.69 bits per heavy atom. The van der Waals surface area contributed by atoms with Gasteiger partial charge in [0.1, 0.15) is 5.69 Å². The van der Waals surface area contributed by atoms with Gasteiger partial charge in [-0.2, -0.15) is 5.10 Å². The fraction of sp³-hybridized carbons (Fsp3) is 0.292. The number of aryl methyl sites for hydroxylation is 2. The summed E-state index contributed by atoms with van der Waals surface area (Å²) in [7, 11) is 1.62. The molecule has 2 aliphatic rings. The van der Waals surface area contributed by atoms with Crippen LogP contribution in [-0.4, -0.2) is 44.7 Å². The van der Waals surface area contributed by atoms with Crippen LogP contribution >= 0.6 is 0 Å². The fourth-order valence-corrected chi connectivity index (χ4v) is 5.20. The van der Waals surface area contributed by atoms with Crippen molar-refractivity contribution >= 4 is 28.3 Å². The van der Waals surface area contributed by atoms with E-state index in [1.165, 1.54) is 28.0 Å². The van der Waals surface area contributed by atoms with Crippen molar-refractivity contribution < 1.29 is 22.4 Å². The van der Waals surface area contributed by atoms with Crippen molar-refractivity contribution in [1.82, 2.24) is 19.7 Å². The van der Waals surface area contributed by atoms with Crippen LogP contribution in [0.1, 0.15) is 39.8 Å². The summed E-state index contributed by atoms with van der Waals surface area (Å²) < 4.78 is 59.8. The first-order valence-electron chi connectivity index (χ1n) is 11.1. The highest BCUT2D eigenvalue weighted by molar-refractivity contribution is 6.11. The summed E-state index contributed by atoms with van der Waals surface area (Å²) in [6.07, 6.45) is 1.10. The summed E-state index contributed by atoms with van der Waals surface area (Å²) in [5.74, 6) is -5.77. The fourth-order valence-electron chi connectivity index (χ4n) is 5.20. The molecule has 1 fully saturated rings. The van der Waals surface area contributed by atoms with Crippen molar-refractivity contribution in [2.24, 2.45) is 7.05 Å². The van der Waals surface area contributed by atoms with Gasteiger partial charge in [-0.1, -0.05) is 6.07 Å². The monoisotopic (exact) mass is 484 g/mol. The van der Waals surface area contributed by atoms with E-state index in [1.54, 1.807) is 32.2 Å². The first-order chi connectivity index (χ1) is 16.7. The van der Waals surface area contributed by atoms with E-state index in [-0.39, 0.29) is 23.5 Å². The van der Waals surface area contributed by atoms with Crippen molar-refractivity contribution in [3.05, 3.63) is 70.8 Å². The van der Waals surface area contributed by atoms with Crippen molar-refractivity contribution in [2.75, 3.05) is 22.9 Å². The van der Waals surface area contributed by atoms with E-state index in [1.807, 2.05) is 0 Å². The lowest BCUT2D eigenvalue weighted by Gasteiger charge is -2.28. The number of carbonyl (C=O) groups excluding carboxylic acids is 1. The minimum atomic E-state index is -2.96. The lowest BCUT2D eigenvalue weighted by molar-refractivity contribution is 0.0256. The summed E-state index contributed by atoms with van der Waals surface area (Å²) in [4.78, 5) is 23.3. The van der Waals surface area contributed by atoms with Gasteiger partial charge in [0.2, 0.25) is 0 Å². The average molecular weight is 484 g/mol. The number of imidazole rings is 1. The Bertz CT molecular complexity index is 1510. The summed E-state index contributed by atoms with van der Waals surface area (Å²) in [6.45, 7) is 0.951. The van der Waals surface area contributed by atoms with E-state index >= 15 is 8.78 Å². The molecule has 4 aromatic rings. The number of amides is 1. The van der Waals surface area contributed by atoms with Crippen molar-refractivity contribution in [2.45, 2.75) is 25.3 Å². The minimum absolute atomic E-state index is 0.0771. The maximum atomic E-state index is 15.6. The molecular weight excluding hydrogens is 464 g/mol. The molecule has 0 bridgehead atoms. The van der Waals surface area contributed by atoms with Crippen LogP contribution in [0.5, 0.6) is 0 Å². The molecule has 1 amide bonds. The Balaban J connectivity index is 1.51. The predicted octanol–water partition coefficient (Wildman–Crippen LogP) is 4.48. The second-order valence-electron chi connectivity index (χ2n) is 8.98. The van der Waals surface area contributed by atoms with Crippen molar-refractivity contribution in [1.29, 1.82) is 0 Å². The predicted molar refractivity (Wildman–Crippen MR) is 121 cm³/mol. The summed E-state index contributed by atoms with van der Waals surface area (Å²) >= 11 is 0. The Morgan fingerprint density at radius 1 is 1.14 bits per heavy atom. The summed E-state index contributed by atoms with van der Waals surface area (Å²) in [6, 6.07) is 6.83. The lowest BCUT2D eigenvalue weighted by Crippen LogP contribution is -2.31. The zero-order valence-corrected chi connectivity index (χ0v) is 18.8. The highest BCUT2D eigenvalue weighted by atomic mass is 19.3. The molecule has 1 N–H and O–H groups in total. The number of alkyl halides is 2. The Labute approximate surface area is 197 Å². The first kappa shape index (κ1) is 21.6. The molecule has 0 radical (unpaired) electrons. The number of nitrogens with one attached hydrogen (secondary N) is 1. The molecule has 1 atom stereocenters. The molecular formula is C24H20F4N6O. The first-order valence-corrected chi connectivity index (χ1v) is 11.1. The number of hydrogen-bond acceptors (Lipinski definition) is 4. The van der Waals surface area contributed by atoms with Crippen LogP contribution < -0.4 is 9.80 Å². The summed E-state index contributed by atoms with van der Waals surface area (Å²) in [5.41, 5.74) is 2.78. The number of fused-ring (bicyclic) bond motifs is 2. The number of benzene rings is 2. The smallest absolute Gasteiger partial charge is 0.277 e. The molecule has 11 heteroatoms. The molecule has 1 saturated heterocycles. The molecule has 2 aromatic carbocycles. The number of rotatable bonds is 3. The van der Waals surface area contributed by atoms with Crippen molar-refractivity contribution in [3.8, 4) is 0 Å². The molecule has 35 heavy (non-hydrogen) atoms. The average Bonchev–Trinajstić information content (AvgIpc) is 3.55. The maximum Gasteiger partial charge on any atom is 0.277 e. The van der Waals surface area contributed by atoms with Crippen LogP contribution in [0.3, 0.4) is 0 Å². The Hall–Kier alpha value is -3.89. The second-order valence-corrected chi connectivity index (χ2v) is 8.98. The van der Waals surface area contributed by atoms with Gasteiger partial charge < -0.3 is 9.88 Å². The number of nitrogens with zero attached hydrogens (tertiary/aromatic N) is 5. The zero-order valence-electron chi connectivity index (χ0n) is 18.8. The third-order valence-corrected chi connectivity index (χ3v) is 6.80. The van der Waals surface area contributed by atoms with Gasteiger partial charge >= 0.3 is 0 Å². The molecule has 0 saturated carbocycles. The molecule has 2 aromatic heterocycles. The normalized spacial score (nSPS) is 19.3. The van der Waals surface area contributed by atoms with Gasteiger partial charge in [0.25, 0.3) is 11.8 Å². The van der Waals surface area contributed by atoms with E-state index in [4.69, 9.17) is 0 Å². The molecule has 0 aliphatic carbocycles. The van der Waals surface area contributed by atoms with Crippen LogP contribution in [0.4, 0.5) is 28.9 Å². The number of carbonyl (C=O) groups is 1. The lowest BCUT2D eigenvalue weighted by atomic mass is 9.97. The van der Waals surface area contributed by atoms with Crippen LogP contribution in [0.25, 0.3) is 11.0 Å². The molecule has 7 nitrogen and oxygen atoms in total. The van der Waals surface area contributed by atoms with Crippen LogP contribution in [0.2, 0.25) is 0 Å². The SMILES string of the molecule is Cc1nn(C)c2c1C(c1ccc(N3CCC(F)(F)C3)c(F)c1F)N(c1ccc3[nH]cnc3c1)C2=O. The van der Waals surface area contributed by atoms with Crippen molar-refractivity contribution in [3.63, 3.8) is 0 Å². The molecule has 4 heterocycles. The number of hydrogen-bond donors (Lipinski definition) is 1. The molecule has 6 rings (SSSR count). The molecule has 0 spiro atoms. The number of anilines is 2. The minimum Gasteiger partial charge on any atom is -0.363 e. The van der Waals surface area contributed by atoms with Gasteiger partial charge in [-0.15, -0.1) is 0 Å². The molecule has 2 aliphatic heterocycles. The molecule has 180 valence electrons. The van der Waals surface area contributed by atoms with Crippen LogP contribution in [-0.2, 0) is 7.05 Å². The number of H-pyrrole nitrogens is 1. The highest BCUT2D eigenvalue weighted by Crippen LogP contribution is 2.45. The zero-order chi connectivity index (χ0) is 24.6. The number of aromatic amines is 1. The van der Waals surface area contributed by atoms with Gasteiger partial charge in [-0.3, -0.25) is 14.4 Å². The maximum absolute atomic E-state index is 15.6. The highest BCUT2D eigenvalue weighted by Gasteiger charge is 2.45. The van der Waals surface area contributed by atoms with E-state index in [9.17, 15) is 13.6 Å². The number of halogens is 4. The second kappa shape index (κ2) is 7.30. The third kappa shape index (κ3) is 3.14. The van der Waals surface area contributed by atoms with Crippen LogP contribution in [0, 0.1) is 18.6 Å². The van der Waals surface area contributed by atoms with Gasteiger partial charge in [-0.25, -0.2) is 22.5 Å². The van der Waals surface area contributed by atoms with Gasteiger partial charge in [-0.05, 0) is 31.2 Å². The topological polar surface area (TPSA) is 70.1 Å². The standard InChI is InChI=1S/C24H20F4N6O/c1-12-18-21(14-4-6-17(20(26)19(14)25)33-8-7-24(27,28)10-33)34(23(35)22(18)32(2)31-12)13-3-5-15-16(9-13)30-11-29-15/h3-6,9,11,21H,7-8,10H2,1-2H3,(H,29,30). The number of aromatic nitrogens is 4. The quantitative estimate of drug-likeness (QED) is 0.436. The Morgan fingerprint density at radius 2 is 1.94 bits per heavy atom. The largest absolute Gasteiger partial charge is 0.363 e. The molecule has 1 unspecified atom stereocenters. The van der Waals surface area contributed by atoms with Gasteiger partial charge in [0.15, 0.2) is 11.6 Å². The Kier molecular flexibility index (Phi) is 4.51. The summed E-state index contributed by atoms with van der Waals surface area (Å²) in [5, 5.41) is 4.32. The third-order valence-electron chi connectivity index (χ3n) is 6.80. The van der Waals surface area contributed by atoms with Crippen LogP contribution in [0.15, 0.2) is 36.7 Å². The van der Waals surface area contributed by atoms with E-state index in [0.717, 1.165) is 10.4 Å². The van der Waals surface area contributed by atoms with Gasteiger partial charge in [0, 0.05) is 36.8 Å². The van der Waals surface area contributed by atoms with Gasteiger partial charge in [0.05, 0.1) is 41.3 Å². The van der Waals surface area contributed by atoms with E-state index < -0.39 is 42.5 Å². The van der Waals surface area contributed by atoms with E-state index in [2.05, 4.69) is 15.1 Å².